The van der Waals surface area contributed by atoms with Gasteiger partial charge in [-0.05, 0) is 49.9 Å². The van der Waals surface area contributed by atoms with E-state index in [2.05, 4.69) is 12.2 Å². The van der Waals surface area contributed by atoms with Crippen molar-refractivity contribution in [2.75, 3.05) is 20.1 Å². The van der Waals surface area contributed by atoms with Crippen LogP contribution in [0.3, 0.4) is 0 Å². The SMILES string of the molecule is CC(CC(=O)N(C)Cc1ccco1)C1CCNCC1. The van der Waals surface area contributed by atoms with Crippen molar-refractivity contribution in [3.05, 3.63) is 24.2 Å². The standard InChI is InChI=1S/C15H24N2O2/c1-12(13-5-7-16-8-6-13)10-15(18)17(2)11-14-4-3-9-19-14/h3-4,9,12-13,16H,5-8,10-11H2,1-2H3. The third kappa shape index (κ3) is 4.10. The number of hydrogen-bond acceptors (Lipinski definition) is 3. The predicted molar refractivity (Wildman–Crippen MR) is 74.6 cm³/mol. The summed E-state index contributed by atoms with van der Waals surface area (Å²) in [4.78, 5) is 14.0. The first-order valence-electron chi connectivity index (χ1n) is 7.14. The maximum absolute atomic E-state index is 12.2. The molecule has 0 aliphatic carbocycles. The Morgan fingerprint density at radius 1 is 1.53 bits per heavy atom. The van der Waals surface area contributed by atoms with Crippen molar-refractivity contribution in [3.63, 3.8) is 0 Å². The minimum Gasteiger partial charge on any atom is -0.467 e. The molecule has 1 unspecified atom stereocenters. The summed E-state index contributed by atoms with van der Waals surface area (Å²) in [5.41, 5.74) is 0. The lowest BCUT2D eigenvalue weighted by Crippen LogP contribution is -2.34. The molecular formula is C15H24N2O2. The molecule has 106 valence electrons. The molecule has 0 bridgehead atoms. The molecular weight excluding hydrogens is 240 g/mol. The summed E-state index contributed by atoms with van der Waals surface area (Å²) in [6, 6.07) is 3.76. The molecule has 1 aliphatic rings. The van der Waals surface area contributed by atoms with Gasteiger partial charge < -0.3 is 14.6 Å². The van der Waals surface area contributed by atoms with E-state index in [1.165, 1.54) is 12.8 Å². The first-order chi connectivity index (χ1) is 9.16. The van der Waals surface area contributed by atoms with Gasteiger partial charge >= 0.3 is 0 Å². The van der Waals surface area contributed by atoms with E-state index in [9.17, 15) is 4.79 Å². The topological polar surface area (TPSA) is 45.5 Å². The van der Waals surface area contributed by atoms with Crippen LogP contribution in [0.15, 0.2) is 22.8 Å². The normalized spacial score (nSPS) is 18.2. The Bertz CT molecular complexity index is 383. The summed E-state index contributed by atoms with van der Waals surface area (Å²) in [6.07, 6.45) is 4.67. The molecule has 4 heteroatoms. The molecule has 19 heavy (non-hydrogen) atoms. The number of amides is 1. The highest BCUT2D eigenvalue weighted by Gasteiger charge is 2.23. The van der Waals surface area contributed by atoms with E-state index in [1.54, 1.807) is 11.2 Å². The second-order valence-electron chi connectivity index (χ2n) is 5.60. The molecule has 0 aromatic carbocycles. The summed E-state index contributed by atoms with van der Waals surface area (Å²) < 4.78 is 5.27. The summed E-state index contributed by atoms with van der Waals surface area (Å²) in [5, 5.41) is 3.37. The first-order valence-corrected chi connectivity index (χ1v) is 7.14. The molecule has 1 aromatic heterocycles. The van der Waals surface area contributed by atoms with Gasteiger partial charge in [-0.3, -0.25) is 4.79 Å². The van der Waals surface area contributed by atoms with Crippen LogP contribution < -0.4 is 5.32 Å². The van der Waals surface area contributed by atoms with Crippen molar-refractivity contribution in [1.29, 1.82) is 0 Å². The van der Waals surface area contributed by atoms with Crippen LogP contribution in [-0.2, 0) is 11.3 Å². The molecule has 1 amide bonds. The van der Waals surface area contributed by atoms with Crippen molar-refractivity contribution in [2.24, 2.45) is 11.8 Å². The zero-order chi connectivity index (χ0) is 13.7. The highest BCUT2D eigenvalue weighted by Crippen LogP contribution is 2.24. The molecule has 1 saturated heterocycles. The Hall–Kier alpha value is -1.29. The fourth-order valence-corrected chi connectivity index (χ4v) is 2.74. The van der Waals surface area contributed by atoms with Crippen molar-refractivity contribution in [3.8, 4) is 0 Å². The van der Waals surface area contributed by atoms with E-state index in [4.69, 9.17) is 4.42 Å². The van der Waals surface area contributed by atoms with Crippen LogP contribution in [0.4, 0.5) is 0 Å². The average Bonchev–Trinajstić information content (AvgIpc) is 2.92. The quantitative estimate of drug-likeness (QED) is 0.887. The van der Waals surface area contributed by atoms with Gasteiger partial charge in [0.15, 0.2) is 0 Å². The molecule has 1 fully saturated rings. The van der Waals surface area contributed by atoms with Crippen LogP contribution in [0.25, 0.3) is 0 Å². The number of piperidine rings is 1. The smallest absolute Gasteiger partial charge is 0.222 e. The summed E-state index contributed by atoms with van der Waals surface area (Å²) >= 11 is 0. The van der Waals surface area contributed by atoms with Gasteiger partial charge in [-0.15, -0.1) is 0 Å². The molecule has 2 heterocycles. The van der Waals surface area contributed by atoms with Gasteiger partial charge in [0.05, 0.1) is 12.8 Å². The van der Waals surface area contributed by atoms with Gasteiger partial charge in [0.25, 0.3) is 0 Å². The lowest BCUT2D eigenvalue weighted by Gasteiger charge is -2.29. The van der Waals surface area contributed by atoms with Gasteiger partial charge in [0.1, 0.15) is 5.76 Å². The lowest BCUT2D eigenvalue weighted by atomic mass is 9.84. The van der Waals surface area contributed by atoms with Gasteiger partial charge in [-0.1, -0.05) is 6.92 Å². The zero-order valence-electron chi connectivity index (χ0n) is 11.9. The van der Waals surface area contributed by atoms with Gasteiger partial charge in [0, 0.05) is 13.5 Å². The zero-order valence-corrected chi connectivity index (χ0v) is 11.9. The number of nitrogens with one attached hydrogen (secondary N) is 1. The Labute approximate surface area is 115 Å². The van der Waals surface area contributed by atoms with Crippen molar-refractivity contribution in [1.82, 2.24) is 10.2 Å². The van der Waals surface area contributed by atoms with E-state index in [0.717, 1.165) is 18.8 Å². The van der Waals surface area contributed by atoms with Crippen LogP contribution in [0, 0.1) is 11.8 Å². The second-order valence-corrected chi connectivity index (χ2v) is 5.60. The molecule has 0 spiro atoms. The number of hydrogen-bond donors (Lipinski definition) is 1. The van der Waals surface area contributed by atoms with Crippen LogP contribution in [-0.4, -0.2) is 30.9 Å². The van der Waals surface area contributed by atoms with Crippen LogP contribution in [0.1, 0.15) is 31.9 Å². The summed E-state index contributed by atoms with van der Waals surface area (Å²) in [6.45, 7) is 4.94. The number of rotatable bonds is 5. The minimum atomic E-state index is 0.211. The van der Waals surface area contributed by atoms with Gasteiger partial charge in [0.2, 0.25) is 5.91 Å². The Morgan fingerprint density at radius 2 is 2.26 bits per heavy atom. The number of carbonyl (C=O) groups excluding carboxylic acids is 1. The average molecular weight is 264 g/mol. The minimum absolute atomic E-state index is 0.211. The third-order valence-corrected chi connectivity index (χ3v) is 4.08. The molecule has 1 aromatic rings. The highest BCUT2D eigenvalue weighted by molar-refractivity contribution is 5.76. The Balaban J connectivity index is 1.79. The second kappa shape index (κ2) is 6.75. The highest BCUT2D eigenvalue weighted by atomic mass is 16.3. The number of carbonyl (C=O) groups is 1. The molecule has 4 nitrogen and oxygen atoms in total. The summed E-state index contributed by atoms with van der Waals surface area (Å²) in [5.74, 6) is 2.20. The van der Waals surface area contributed by atoms with E-state index in [-0.39, 0.29) is 5.91 Å². The maximum Gasteiger partial charge on any atom is 0.222 e. The van der Waals surface area contributed by atoms with Crippen LogP contribution >= 0.6 is 0 Å². The maximum atomic E-state index is 12.2. The molecule has 2 rings (SSSR count). The van der Waals surface area contributed by atoms with E-state index in [0.29, 0.717) is 24.8 Å². The number of nitrogens with zero attached hydrogens (tertiary/aromatic N) is 1. The lowest BCUT2D eigenvalue weighted by molar-refractivity contribution is -0.132. The summed E-state index contributed by atoms with van der Waals surface area (Å²) in [7, 11) is 1.85. The predicted octanol–water partition coefficient (Wildman–Crippen LogP) is 2.26. The van der Waals surface area contributed by atoms with E-state index >= 15 is 0 Å². The van der Waals surface area contributed by atoms with Crippen molar-refractivity contribution < 1.29 is 9.21 Å². The van der Waals surface area contributed by atoms with Crippen LogP contribution in [0.5, 0.6) is 0 Å². The molecule has 0 saturated carbocycles. The third-order valence-electron chi connectivity index (χ3n) is 4.08. The van der Waals surface area contributed by atoms with Crippen molar-refractivity contribution >= 4 is 5.91 Å². The Kier molecular flexibility index (Phi) is 5.02. The molecule has 1 N–H and O–H groups in total. The van der Waals surface area contributed by atoms with Gasteiger partial charge in [-0.2, -0.15) is 0 Å². The Morgan fingerprint density at radius 3 is 2.89 bits per heavy atom. The van der Waals surface area contributed by atoms with E-state index < -0.39 is 0 Å². The first kappa shape index (κ1) is 14.1. The van der Waals surface area contributed by atoms with Crippen molar-refractivity contribution in [2.45, 2.75) is 32.7 Å². The van der Waals surface area contributed by atoms with Gasteiger partial charge in [-0.25, -0.2) is 0 Å². The van der Waals surface area contributed by atoms with E-state index in [1.807, 2.05) is 19.2 Å². The fourth-order valence-electron chi connectivity index (χ4n) is 2.74. The molecule has 1 atom stereocenters. The number of furan rings is 1. The largest absolute Gasteiger partial charge is 0.467 e. The monoisotopic (exact) mass is 264 g/mol. The molecule has 1 aliphatic heterocycles. The fraction of sp³-hybridized carbons (Fsp3) is 0.667. The van der Waals surface area contributed by atoms with Crippen LogP contribution in [0.2, 0.25) is 0 Å². The molecule has 0 radical (unpaired) electrons.